The Morgan fingerprint density at radius 3 is 3.08 bits per heavy atom. The van der Waals surface area contributed by atoms with E-state index in [-0.39, 0.29) is 0 Å². The van der Waals surface area contributed by atoms with E-state index in [9.17, 15) is 4.79 Å². The zero-order valence-electron chi connectivity index (χ0n) is 6.70. The fraction of sp³-hybridized carbons (Fsp3) is 0.429. The molecule has 1 aromatic rings. The van der Waals surface area contributed by atoms with Crippen molar-refractivity contribution in [3.05, 3.63) is 17.5 Å². The topological polar surface area (TPSA) is 75.4 Å². The molecular formula is C7H10N2O3. The molecule has 0 spiro atoms. The average Bonchev–Trinajstić information content (AvgIpc) is 2.35. The number of amides is 1. The second kappa shape index (κ2) is 3.75. The fourth-order valence-electron chi connectivity index (χ4n) is 0.833. The highest BCUT2D eigenvalue weighted by Crippen LogP contribution is 2.00. The summed E-state index contributed by atoms with van der Waals surface area (Å²) in [6.45, 7) is 2.16. The molecule has 1 aromatic heterocycles. The Hall–Kier alpha value is -1.52. The van der Waals surface area contributed by atoms with Crippen molar-refractivity contribution in [3.63, 3.8) is 0 Å². The minimum atomic E-state index is -1.02. The van der Waals surface area contributed by atoms with E-state index in [1.54, 1.807) is 13.0 Å². The summed E-state index contributed by atoms with van der Waals surface area (Å²) in [4.78, 5) is 10.0. The summed E-state index contributed by atoms with van der Waals surface area (Å²) in [5.41, 5.74) is 0.765. The van der Waals surface area contributed by atoms with Crippen molar-refractivity contribution in [2.45, 2.75) is 13.3 Å². The lowest BCUT2D eigenvalue weighted by molar-refractivity contribution is 0.194. The summed E-state index contributed by atoms with van der Waals surface area (Å²) in [5.74, 6) is 0.736. The molecule has 0 aliphatic rings. The Balaban J connectivity index is 2.29. The summed E-state index contributed by atoms with van der Waals surface area (Å²) < 4.78 is 4.80. The molecule has 0 bridgehead atoms. The highest BCUT2D eigenvalue weighted by Gasteiger charge is 2.00. The van der Waals surface area contributed by atoms with Crippen LogP contribution >= 0.6 is 0 Å². The van der Waals surface area contributed by atoms with Crippen molar-refractivity contribution in [2.75, 3.05) is 6.54 Å². The van der Waals surface area contributed by atoms with Crippen LogP contribution in [-0.2, 0) is 6.42 Å². The molecule has 0 saturated carbocycles. The molecule has 0 aliphatic carbocycles. The van der Waals surface area contributed by atoms with E-state index in [1.807, 2.05) is 0 Å². The third kappa shape index (κ3) is 2.61. The van der Waals surface area contributed by atoms with Gasteiger partial charge in [0.2, 0.25) is 0 Å². The molecule has 66 valence electrons. The number of carboxylic acid groups (broad SMARTS) is 1. The number of hydrogen-bond acceptors (Lipinski definition) is 3. The molecule has 0 radical (unpaired) electrons. The first-order valence-corrected chi connectivity index (χ1v) is 3.57. The van der Waals surface area contributed by atoms with Crippen LogP contribution in [0, 0.1) is 6.92 Å². The molecule has 0 atom stereocenters. The maximum Gasteiger partial charge on any atom is 0.404 e. The quantitative estimate of drug-likeness (QED) is 0.703. The van der Waals surface area contributed by atoms with Gasteiger partial charge in [0.1, 0.15) is 5.76 Å². The van der Waals surface area contributed by atoms with Gasteiger partial charge < -0.3 is 14.9 Å². The van der Waals surface area contributed by atoms with Gasteiger partial charge in [-0.2, -0.15) is 0 Å². The number of aromatic nitrogens is 1. The molecular weight excluding hydrogens is 160 g/mol. The second-order valence-electron chi connectivity index (χ2n) is 2.41. The Morgan fingerprint density at radius 2 is 2.58 bits per heavy atom. The van der Waals surface area contributed by atoms with Gasteiger partial charge >= 0.3 is 6.09 Å². The molecule has 5 heteroatoms. The van der Waals surface area contributed by atoms with Crippen molar-refractivity contribution in [1.29, 1.82) is 0 Å². The van der Waals surface area contributed by atoms with Crippen molar-refractivity contribution < 1.29 is 14.4 Å². The number of carbonyl (C=O) groups is 1. The Bertz CT molecular complexity index is 269. The molecule has 5 nitrogen and oxygen atoms in total. The van der Waals surface area contributed by atoms with Crippen LogP contribution in [0.5, 0.6) is 0 Å². The third-order valence-electron chi connectivity index (χ3n) is 1.33. The first kappa shape index (κ1) is 8.58. The summed E-state index contributed by atoms with van der Waals surface area (Å²) in [7, 11) is 0. The van der Waals surface area contributed by atoms with Crippen LogP contribution in [0.1, 0.15) is 11.5 Å². The highest BCUT2D eigenvalue weighted by molar-refractivity contribution is 5.64. The molecule has 1 heterocycles. The van der Waals surface area contributed by atoms with Crippen LogP contribution in [0.25, 0.3) is 0 Å². The molecule has 0 aliphatic heterocycles. The lowest BCUT2D eigenvalue weighted by atomic mass is 10.3. The molecule has 2 N–H and O–H groups in total. The molecule has 0 aromatic carbocycles. The van der Waals surface area contributed by atoms with Crippen LogP contribution in [-0.4, -0.2) is 22.9 Å². The van der Waals surface area contributed by atoms with Crippen molar-refractivity contribution in [3.8, 4) is 0 Å². The number of nitrogens with one attached hydrogen (secondary N) is 1. The van der Waals surface area contributed by atoms with Crippen molar-refractivity contribution >= 4 is 6.09 Å². The highest BCUT2D eigenvalue weighted by atomic mass is 16.5. The van der Waals surface area contributed by atoms with Crippen LogP contribution < -0.4 is 5.32 Å². The largest absolute Gasteiger partial charge is 0.465 e. The van der Waals surface area contributed by atoms with E-state index < -0.39 is 6.09 Å². The van der Waals surface area contributed by atoms with Gasteiger partial charge in [-0.05, 0) is 6.92 Å². The van der Waals surface area contributed by atoms with Crippen LogP contribution in [0.4, 0.5) is 4.79 Å². The predicted molar refractivity (Wildman–Crippen MR) is 41.0 cm³/mol. The zero-order valence-corrected chi connectivity index (χ0v) is 6.70. The van der Waals surface area contributed by atoms with E-state index in [2.05, 4.69) is 10.5 Å². The lowest BCUT2D eigenvalue weighted by Gasteiger charge is -1.95. The van der Waals surface area contributed by atoms with Crippen LogP contribution in [0.3, 0.4) is 0 Å². The Morgan fingerprint density at radius 1 is 1.83 bits per heavy atom. The maximum atomic E-state index is 10.0. The number of aryl methyl sites for hydroxylation is 1. The standard InChI is InChI=1S/C7H10N2O3/c1-5-4-6(9-12-5)2-3-8-7(10)11/h4,8H,2-3H2,1H3,(H,10,11). The SMILES string of the molecule is Cc1cc(CCNC(=O)O)no1. The molecule has 12 heavy (non-hydrogen) atoms. The van der Waals surface area contributed by atoms with Gasteiger partial charge in [-0.15, -0.1) is 0 Å². The Labute approximate surface area is 69.4 Å². The number of rotatable bonds is 3. The van der Waals surface area contributed by atoms with Crippen LogP contribution in [0.15, 0.2) is 10.6 Å². The average molecular weight is 170 g/mol. The zero-order chi connectivity index (χ0) is 8.97. The van der Waals surface area contributed by atoms with Crippen molar-refractivity contribution in [2.24, 2.45) is 0 Å². The first-order valence-electron chi connectivity index (χ1n) is 3.57. The van der Waals surface area contributed by atoms with Gasteiger partial charge in [-0.1, -0.05) is 5.16 Å². The van der Waals surface area contributed by atoms with E-state index in [0.717, 1.165) is 11.5 Å². The maximum absolute atomic E-state index is 10.0. The molecule has 1 amide bonds. The summed E-state index contributed by atoms with van der Waals surface area (Å²) >= 11 is 0. The number of hydrogen-bond donors (Lipinski definition) is 2. The van der Waals surface area contributed by atoms with Gasteiger partial charge in [0.25, 0.3) is 0 Å². The van der Waals surface area contributed by atoms with Gasteiger partial charge in [-0.25, -0.2) is 4.79 Å². The third-order valence-corrected chi connectivity index (χ3v) is 1.33. The molecule has 0 fully saturated rings. The number of nitrogens with zero attached hydrogens (tertiary/aromatic N) is 1. The predicted octanol–water partition coefficient (Wildman–Crippen LogP) is 0.793. The van der Waals surface area contributed by atoms with Gasteiger partial charge in [0.05, 0.1) is 5.69 Å². The monoisotopic (exact) mass is 170 g/mol. The van der Waals surface area contributed by atoms with Gasteiger partial charge in [0, 0.05) is 19.0 Å². The van der Waals surface area contributed by atoms with Gasteiger partial charge in [-0.3, -0.25) is 0 Å². The van der Waals surface area contributed by atoms with E-state index in [4.69, 9.17) is 9.63 Å². The fourth-order valence-corrected chi connectivity index (χ4v) is 0.833. The molecule has 0 unspecified atom stereocenters. The van der Waals surface area contributed by atoms with Crippen molar-refractivity contribution in [1.82, 2.24) is 10.5 Å². The second-order valence-corrected chi connectivity index (χ2v) is 2.41. The van der Waals surface area contributed by atoms with Gasteiger partial charge in [0.15, 0.2) is 0 Å². The smallest absolute Gasteiger partial charge is 0.404 e. The van der Waals surface area contributed by atoms with Crippen LogP contribution in [0.2, 0.25) is 0 Å². The minimum Gasteiger partial charge on any atom is -0.465 e. The first-order chi connectivity index (χ1) is 5.68. The lowest BCUT2D eigenvalue weighted by Crippen LogP contribution is -2.23. The molecule has 0 saturated heterocycles. The Kier molecular flexibility index (Phi) is 2.68. The molecule has 1 rings (SSSR count). The minimum absolute atomic E-state index is 0.362. The summed E-state index contributed by atoms with van der Waals surface area (Å²) in [6.07, 6.45) is -0.459. The van der Waals surface area contributed by atoms with E-state index >= 15 is 0 Å². The van der Waals surface area contributed by atoms with E-state index in [0.29, 0.717) is 13.0 Å². The summed E-state index contributed by atoms with van der Waals surface area (Å²) in [5, 5.41) is 14.2. The normalized spacial score (nSPS) is 9.75. The summed E-state index contributed by atoms with van der Waals surface area (Å²) in [6, 6.07) is 1.78. The van der Waals surface area contributed by atoms with E-state index in [1.165, 1.54) is 0 Å².